The number of carbonyl (C=O) groups is 6. The number of hydrogen-bond acceptors (Lipinski definition) is 25. The van der Waals surface area contributed by atoms with E-state index in [1.807, 2.05) is 0 Å². The largest absolute Gasteiger partial charge is 0.505 e. The SMILES string of the molecule is CCCCCCCCO[C@@H]1C(C)O[C@@H](OC2C(O)[C@H](O)C(C(=O)O)O[C@H]2OC2C(O[C@@H]3OC(CO)[C@@H](O)C(O)C3O)C(C)OC3(OC4=C(O)C(C)OC(OCCCCCNC(=O)CCCCC(=O)NC(CC)(CCCC)C5CCC[C@@H](C)C/C=C\CCC6CC6C5)=C4NC(C)=O)C(NC(C)=O)C23)C(NC(C)=O)C1O. The summed E-state index contributed by atoms with van der Waals surface area (Å²) in [5.74, 6) is -6.39. The number of hydrogen-bond donors (Lipinski definition) is 14. The van der Waals surface area contributed by atoms with E-state index in [9.17, 15) is 74.7 Å². The van der Waals surface area contributed by atoms with Crippen LogP contribution in [0.2, 0.25) is 0 Å². The molecular formula is C78H129N5O26. The van der Waals surface area contributed by atoms with Crippen LogP contribution in [0.1, 0.15) is 230 Å². The van der Waals surface area contributed by atoms with Crippen molar-refractivity contribution in [1.82, 2.24) is 26.6 Å². The van der Waals surface area contributed by atoms with Crippen molar-refractivity contribution in [3.05, 3.63) is 35.3 Å². The van der Waals surface area contributed by atoms with Gasteiger partial charge >= 0.3 is 11.9 Å². The maximum absolute atomic E-state index is 13.9. The fourth-order valence-corrected chi connectivity index (χ4v) is 16.5. The number of amides is 5. The van der Waals surface area contributed by atoms with E-state index in [0.29, 0.717) is 63.3 Å². The molecule has 0 radical (unpaired) electrons. The summed E-state index contributed by atoms with van der Waals surface area (Å²) in [6.07, 6.45) is -4.44. The standard InChI is InChI=1S/C78H129N5O26/c1-11-14-16-17-18-26-37-99-65-44(6)102-74(56(60(65)92)80-46(8)85)107-70-63(95)62(94)69(72(97)98)106-76(70)105-67-55-71(82-48(10)87)78(55,108-45(7)66(67)104-75-64(96)61(93)59(91)52(41-84)103-75)109-68-57(81-47(9)86)73(101-43(5)58(68)90)100-38-27-20-25-36-79-53(88)33-23-24-34-54(89)83-77(13-3,35-15-12-2)51-32-28-30-42(4)29-21-19-22-31-49-39-50(49)40-51/h19,21,42-45,49-52,55-56,59-67,69-71,74-76,84,90-96H,11-18,20,22-41H2,1-10H3,(H,79,88)(H,80,85)(H,81,86)(H,82,87)(H,83,89)(H,97,98)/b21-19-/t42-,43?,44?,45?,49?,50?,51?,52?,55?,56?,59+,60?,61?,62-,63?,64?,65+,66?,67?,69?,70?,71?,74-,75-,76+,77?,78?/m0/s1. The second-order valence-corrected chi connectivity index (χ2v) is 31.6. The van der Waals surface area contributed by atoms with E-state index in [2.05, 4.69) is 66.4 Å². The second-order valence-electron chi connectivity index (χ2n) is 31.6. The number of unbranched alkanes of at least 4 members (excludes halogenated alkanes) is 9. The molecule has 31 nitrogen and oxygen atoms in total. The van der Waals surface area contributed by atoms with Crippen LogP contribution in [0.4, 0.5) is 0 Å². The zero-order valence-corrected chi connectivity index (χ0v) is 65.6. The van der Waals surface area contributed by atoms with Crippen LogP contribution in [0.25, 0.3) is 0 Å². The fraction of sp³-hybridized carbons (Fsp3) is 0.846. The average Bonchev–Trinajstić information content (AvgIpc) is 1.51. The molecule has 4 saturated heterocycles. The van der Waals surface area contributed by atoms with Gasteiger partial charge in [-0.15, -0.1) is 0 Å². The summed E-state index contributed by atoms with van der Waals surface area (Å²) >= 11 is 0. The monoisotopic (exact) mass is 1550 g/mol. The van der Waals surface area contributed by atoms with Crippen molar-refractivity contribution in [1.29, 1.82) is 0 Å². The molecule has 5 amide bonds. The number of nitrogens with one attached hydrogen (secondary N) is 5. The van der Waals surface area contributed by atoms with Crippen molar-refractivity contribution in [3.8, 4) is 0 Å². The van der Waals surface area contributed by atoms with Gasteiger partial charge < -0.3 is 125 Å². The van der Waals surface area contributed by atoms with E-state index in [4.69, 9.17) is 52.1 Å². The van der Waals surface area contributed by atoms with Crippen LogP contribution >= 0.6 is 0 Å². The second kappa shape index (κ2) is 42.1. The smallest absolute Gasteiger partial charge is 0.335 e. The molecule has 8 rings (SSSR count). The molecule has 27 atom stereocenters. The fourth-order valence-electron chi connectivity index (χ4n) is 16.5. The van der Waals surface area contributed by atoms with Gasteiger partial charge in [-0.2, -0.15) is 0 Å². The molecule has 20 unspecified atom stereocenters. The molecule has 109 heavy (non-hydrogen) atoms. The minimum absolute atomic E-state index is 0.0140. The number of carboxylic acid groups (broad SMARTS) is 1. The highest BCUT2D eigenvalue weighted by atomic mass is 16.8. The molecule has 6 fully saturated rings. The Kier molecular flexibility index (Phi) is 34.5. The van der Waals surface area contributed by atoms with Crippen molar-refractivity contribution in [2.45, 2.75) is 364 Å². The summed E-state index contributed by atoms with van der Waals surface area (Å²) in [7, 11) is 0. The van der Waals surface area contributed by atoms with Crippen molar-refractivity contribution >= 4 is 35.5 Å². The van der Waals surface area contributed by atoms with Gasteiger partial charge in [-0.1, -0.05) is 97.6 Å². The number of carbonyl (C=O) groups excluding carboxylic acids is 5. The van der Waals surface area contributed by atoms with E-state index in [1.165, 1.54) is 53.4 Å². The number of aliphatic hydroxyl groups excluding tert-OH is 8. The molecular weight excluding hydrogens is 1420 g/mol. The first-order chi connectivity index (χ1) is 52.0. The van der Waals surface area contributed by atoms with Gasteiger partial charge in [0.15, 0.2) is 48.3 Å². The van der Waals surface area contributed by atoms with Crippen LogP contribution in [0.15, 0.2) is 35.3 Å². The lowest BCUT2D eigenvalue weighted by atomic mass is 9.72. The van der Waals surface area contributed by atoms with E-state index >= 15 is 0 Å². The predicted molar refractivity (Wildman–Crippen MR) is 392 cm³/mol. The third-order valence-electron chi connectivity index (χ3n) is 22.9. The first-order valence-corrected chi connectivity index (χ1v) is 40.4. The number of rotatable bonds is 39. The first-order valence-electron chi connectivity index (χ1n) is 40.4. The van der Waals surface area contributed by atoms with Crippen molar-refractivity contribution in [2.24, 2.45) is 29.6 Å². The summed E-state index contributed by atoms with van der Waals surface area (Å²) < 4.78 is 69.5. The third kappa shape index (κ3) is 23.7. The third-order valence-corrected chi connectivity index (χ3v) is 22.9. The van der Waals surface area contributed by atoms with Gasteiger partial charge in [-0.25, -0.2) is 4.79 Å². The minimum atomic E-state index is -2.26. The van der Waals surface area contributed by atoms with E-state index < -0.39 is 176 Å². The number of ether oxygens (including phenoxy) is 11. The summed E-state index contributed by atoms with van der Waals surface area (Å²) in [4.78, 5) is 79.4. The number of fused-ring (bicyclic) bond motifs is 2. The Hall–Kier alpha value is -5.36. The maximum atomic E-state index is 13.9. The molecule has 0 aromatic heterocycles. The topological polar surface area (TPSA) is 446 Å². The lowest BCUT2D eigenvalue weighted by Gasteiger charge is -2.49. The Balaban J connectivity index is 0.954. The molecule has 0 bridgehead atoms. The Morgan fingerprint density at radius 2 is 1.31 bits per heavy atom. The van der Waals surface area contributed by atoms with Crippen LogP contribution in [0.3, 0.4) is 0 Å². The first kappa shape index (κ1) is 89.2. The van der Waals surface area contributed by atoms with E-state index in [1.54, 1.807) is 6.92 Å². The number of carboxylic acids is 1. The lowest BCUT2D eigenvalue weighted by molar-refractivity contribution is -0.380. The van der Waals surface area contributed by atoms with E-state index in [0.717, 1.165) is 102 Å². The highest BCUT2D eigenvalue weighted by Crippen LogP contribution is 2.59. The molecule has 2 saturated carbocycles. The van der Waals surface area contributed by atoms with Crippen LogP contribution in [0, 0.1) is 29.6 Å². The van der Waals surface area contributed by atoms with Gasteiger partial charge in [-0.05, 0) is 134 Å². The van der Waals surface area contributed by atoms with Crippen molar-refractivity contribution < 1.29 is 127 Å². The highest BCUT2D eigenvalue weighted by Gasteiger charge is 2.79. The Morgan fingerprint density at radius 1 is 0.633 bits per heavy atom. The summed E-state index contributed by atoms with van der Waals surface area (Å²) in [6.45, 7) is 16.5. The Bertz CT molecular complexity index is 3030. The lowest BCUT2D eigenvalue weighted by Crippen LogP contribution is -2.68. The van der Waals surface area contributed by atoms with Gasteiger partial charge in [0.1, 0.15) is 79.2 Å². The van der Waals surface area contributed by atoms with Crippen molar-refractivity contribution in [2.75, 3.05) is 26.4 Å². The summed E-state index contributed by atoms with van der Waals surface area (Å²) in [5.41, 5.74) is -0.574. The molecule has 0 spiro atoms. The predicted octanol–water partition coefficient (Wildman–Crippen LogP) is 5.10. The van der Waals surface area contributed by atoms with E-state index in [-0.39, 0.29) is 48.6 Å². The molecule has 31 heteroatoms. The molecule has 5 heterocycles. The molecule has 0 aromatic rings. The van der Waals surface area contributed by atoms with Gasteiger partial charge in [0.05, 0.1) is 31.3 Å². The summed E-state index contributed by atoms with van der Waals surface area (Å²) in [5, 5.41) is 116. The average molecular weight is 1550 g/mol. The van der Waals surface area contributed by atoms with Crippen LogP contribution in [0.5, 0.6) is 0 Å². The minimum Gasteiger partial charge on any atom is -0.505 e. The molecule has 8 aliphatic rings. The van der Waals surface area contributed by atoms with Gasteiger partial charge in [0, 0.05) is 52.3 Å². The van der Waals surface area contributed by atoms with Crippen molar-refractivity contribution in [3.63, 3.8) is 0 Å². The molecule has 0 aromatic carbocycles. The molecule has 622 valence electrons. The van der Waals surface area contributed by atoms with Crippen LogP contribution in [-0.2, 0) is 80.9 Å². The Labute approximate surface area is 641 Å². The van der Waals surface area contributed by atoms with Crippen LogP contribution < -0.4 is 26.6 Å². The number of aliphatic hydroxyl groups is 8. The number of allylic oxidation sites excluding steroid dienone is 2. The van der Waals surface area contributed by atoms with Gasteiger partial charge in [0.25, 0.3) is 0 Å². The quantitative estimate of drug-likeness (QED) is 0.0281. The molecule has 3 aliphatic carbocycles. The zero-order chi connectivity index (χ0) is 79.4. The maximum Gasteiger partial charge on any atom is 0.335 e. The number of aliphatic carboxylic acids is 1. The molecule has 5 aliphatic heterocycles. The summed E-state index contributed by atoms with van der Waals surface area (Å²) in [6, 6.07) is -2.84. The highest BCUT2D eigenvalue weighted by molar-refractivity contribution is 5.78. The van der Waals surface area contributed by atoms with Crippen LogP contribution in [-0.4, -0.2) is 242 Å². The van der Waals surface area contributed by atoms with Gasteiger partial charge in [0.2, 0.25) is 35.3 Å². The van der Waals surface area contributed by atoms with Gasteiger partial charge in [-0.3, -0.25) is 24.0 Å². The Morgan fingerprint density at radius 3 is 2.00 bits per heavy atom. The molecule has 14 N–H and O–H groups in total. The normalized spacial score (nSPS) is 37.0. The zero-order valence-electron chi connectivity index (χ0n) is 65.6.